The second kappa shape index (κ2) is 9.15. The van der Waals surface area contributed by atoms with E-state index in [2.05, 4.69) is 63.2 Å². The maximum atomic E-state index is 2.32. The second-order valence-electron chi connectivity index (χ2n) is 4.32. The Morgan fingerprint density at radius 1 is 1.12 bits per heavy atom. The Kier molecular flexibility index (Phi) is 8.71. The molecule has 0 N–H and O–H groups in total. The molecule has 0 atom stereocenters. The lowest BCUT2D eigenvalue weighted by Gasteiger charge is -2.26. The number of hydrogen-bond donors (Lipinski definition) is 0. The lowest BCUT2D eigenvalue weighted by Crippen LogP contribution is -2.16. The van der Waals surface area contributed by atoms with Gasteiger partial charge in [0.2, 0.25) is 0 Å². The molecular formula is C13H23IS2. The summed E-state index contributed by atoms with van der Waals surface area (Å²) < 4.78 is 2.73. The zero-order valence-corrected chi connectivity index (χ0v) is 14.0. The summed E-state index contributed by atoms with van der Waals surface area (Å²) in [5.41, 5.74) is 0. The second-order valence-corrected chi connectivity index (χ2v) is 8.25. The quantitative estimate of drug-likeness (QED) is 0.388. The molecule has 1 aliphatic rings. The van der Waals surface area contributed by atoms with E-state index in [1.807, 2.05) is 0 Å². The first-order chi connectivity index (χ1) is 7.83. The first-order valence-corrected chi connectivity index (χ1v) is 9.58. The molecule has 0 aliphatic carbocycles. The number of hydrogen-bond acceptors (Lipinski definition) is 2. The van der Waals surface area contributed by atoms with Crippen molar-refractivity contribution in [3.63, 3.8) is 0 Å². The fourth-order valence-corrected chi connectivity index (χ4v) is 5.80. The van der Waals surface area contributed by atoms with E-state index in [1.54, 1.807) is 0 Å². The van der Waals surface area contributed by atoms with E-state index in [-0.39, 0.29) is 0 Å². The van der Waals surface area contributed by atoms with Gasteiger partial charge in [-0.3, -0.25) is 0 Å². The van der Waals surface area contributed by atoms with Crippen LogP contribution in [0.25, 0.3) is 0 Å². The number of unbranched alkanes of at least 4 members (excludes halogenated alkanes) is 3. The van der Waals surface area contributed by atoms with Crippen LogP contribution in [0.3, 0.4) is 0 Å². The molecule has 1 heterocycles. The van der Waals surface area contributed by atoms with Gasteiger partial charge in [0, 0.05) is 11.5 Å². The highest BCUT2D eigenvalue weighted by Crippen LogP contribution is 2.50. The average Bonchev–Trinajstić information content (AvgIpc) is 2.74. The highest BCUT2D eigenvalue weighted by atomic mass is 127. The van der Waals surface area contributed by atoms with Gasteiger partial charge in [-0.2, -0.15) is 0 Å². The van der Waals surface area contributed by atoms with Gasteiger partial charge in [0.25, 0.3) is 0 Å². The standard InChI is InChI=1S/C13H23IS2/c1-2-3-4-5-8-13(9-6-7-10-14)15-11-12-16-13/h7,10H,2-6,8-9,11-12H2,1H3/b10-7+. The highest BCUT2D eigenvalue weighted by molar-refractivity contribution is 14.1. The summed E-state index contributed by atoms with van der Waals surface area (Å²) >= 11 is 6.77. The summed E-state index contributed by atoms with van der Waals surface area (Å²) in [6.07, 6.45) is 12.0. The van der Waals surface area contributed by atoms with Gasteiger partial charge in [-0.15, -0.1) is 23.5 Å². The van der Waals surface area contributed by atoms with Crippen molar-refractivity contribution in [2.75, 3.05) is 11.5 Å². The first kappa shape index (κ1) is 15.2. The van der Waals surface area contributed by atoms with Gasteiger partial charge in [0.1, 0.15) is 0 Å². The summed E-state index contributed by atoms with van der Waals surface area (Å²) in [5.74, 6) is 2.73. The maximum absolute atomic E-state index is 2.32. The van der Waals surface area contributed by atoms with E-state index in [1.165, 1.54) is 56.5 Å². The molecule has 0 unspecified atom stereocenters. The van der Waals surface area contributed by atoms with E-state index in [4.69, 9.17) is 0 Å². The molecule has 0 amide bonds. The predicted octanol–water partition coefficient (Wildman–Crippen LogP) is 5.86. The van der Waals surface area contributed by atoms with Crippen LogP contribution < -0.4 is 0 Å². The molecule has 94 valence electrons. The van der Waals surface area contributed by atoms with Gasteiger partial charge < -0.3 is 0 Å². The minimum atomic E-state index is 0.573. The Bertz CT molecular complexity index is 198. The average molecular weight is 370 g/mol. The fraction of sp³-hybridized carbons (Fsp3) is 0.846. The normalized spacial score (nSPS) is 19.6. The van der Waals surface area contributed by atoms with Crippen LogP contribution >= 0.6 is 46.1 Å². The monoisotopic (exact) mass is 370 g/mol. The molecule has 0 radical (unpaired) electrons. The number of allylic oxidation sites excluding steroid dienone is 1. The van der Waals surface area contributed by atoms with Crippen LogP contribution in [0.4, 0.5) is 0 Å². The molecule has 0 aromatic heterocycles. The molecule has 0 aromatic rings. The van der Waals surface area contributed by atoms with Crippen LogP contribution in [-0.2, 0) is 0 Å². The topological polar surface area (TPSA) is 0 Å². The lowest BCUT2D eigenvalue weighted by molar-refractivity contribution is 0.581. The van der Waals surface area contributed by atoms with Crippen LogP contribution in [0.15, 0.2) is 10.2 Å². The molecule has 0 aromatic carbocycles. The van der Waals surface area contributed by atoms with Gasteiger partial charge in [0.15, 0.2) is 0 Å². The molecule has 0 spiro atoms. The van der Waals surface area contributed by atoms with E-state index in [0.717, 1.165) is 0 Å². The minimum Gasteiger partial charge on any atom is -0.143 e. The zero-order valence-electron chi connectivity index (χ0n) is 10.2. The van der Waals surface area contributed by atoms with Gasteiger partial charge in [-0.1, -0.05) is 61.3 Å². The molecule has 0 nitrogen and oxygen atoms in total. The molecule has 16 heavy (non-hydrogen) atoms. The first-order valence-electron chi connectivity index (χ1n) is 6.36. The molecule has 0 bridgehead atoms. The SMILES string of the molecule is CCCCCCC1(CC/C=C/I)SCCS1. The summed E-state index contributed by atoms with van der Waals surface area (Å²) in [6, 6.07) is 0. The van der Waals surface area contributed by atoms with E-state index in [9.17, 15) is 0 Å². The summed E-state index contributed by atoms with van der Waals surface area (Å²) in [7, 11) is 0. The van der Waals surface area contributed by atoms with Gasteiger partial charge in [-0.25, -0.2) is 0 Å². The molecule has 1 aliphatic heterocycles. The molecule has 3 heteroatoms. The third-order valence-corrected chi connectivity index (χ3v) is 7.17. The number of thioether (sulfide) groups is 2. The van der Waals surface area contributed by atoms with Crippen LogP contribution in [-0.4, -0.2) is 15.6 Å². The number of halogens is 1. The van der Waals surface area contributed by atoms with Crippen LogP contribution in [0.1, 0.15) is 51.9 Å². The van der Waals surface area contributed by atoms with Gasteiger partial charge in [0.05, 0.1) is 4.08 Å². The van der Waals surface area contributed by atoms with Crippen molar-refractivity contribution in [1.82, 2.24) is 0 Å². The van der Waals surface area contributed by atoms with E-state index < -0.39 is 0 Å². The van der Waals surface area contributed by atoms with E-state index in [0.29, 0.717) is 4.08 Å². The summed E-state index contributed by atoms with van der Waals surface area (Å²) in [6.45, 7) is 2.29. The zero-order chi connectivity index (χ0) is 11.7. The Balaban J connectivity index is 2.27. The molecule has 1 saturated heterocycles. The predicted molar refractivity (Wildman–Crippen MR) is 88.8 cm³/mol. The van der Waals surface area contributed by atoms with Crippen molar-refractivity contribution >= 4 is 46.1 Å². The Labute approximate surface area is 123 Å². The molecular weight excluding hydrogens is 347 g/mol. The third-order valence-electron chi connectivity index (χ3n) is 3.01. The summed E-state index contributed by atoms with van der Waals surface area (Å²) in [4.78, 5) is 0. The Hall–Kier alpha value is 1.17. The van der Waals surface area contributed by atoms with E-state index >= 15 is 0 Å². The van der Waals surface area contributed by atoms with Crippen molar-refractivity contribution in [3.8, 4) is 0 Å². The van der Waals surface area contributed by atoms with Crippen LogP contribution in [0.5, 0.6) is 0 Å². The maximum Gasteiger partial charge on any atom is 0.0614 e. The minimum absolute atomic E-state index is 0.573. The molecule has 0 saturated carbocycles. The third kappa shape index (κ3) is 5.67. The van der Waals surface area contributed by atoms with Crippen LogP contribution in [0.2, 0.25) is 0 Å². The highest BCUT2D eigenvalue weighted by Gasteiger charge is 2.33. The molecule has 1 fully saturated rings. The Morgan fingerprint density at radius 3 is 2.50 bits per heavy atom. The number of rotatable bonds is 8. The largest absolute Gasteiger partial charge is 0.143 e. The molecule has 1 rings (SSSR count). The lowest BCUT2D eigenvalue weighted by atomic mass is 10.1. The van der Waals surface area contributed by atoms with Crippen LogP contribution in [0, 0.1) is 0 Å². The van der Waals surface area contributed by atoms with Crippen molar-refractivity contribution < 1.29 is 0 Å². The van der Waals surface area contributed by atoms with Crippen molar-refractivity contribution in [3.05, 3.63) is 10.2 Å². The van der Waals surface area contributed by atoms with Crippen molar-refractivity contribution in [2.24, 2.45) is 0 Å². The summed E-state index contributed by atoms with van der Waals surface area (Å²) in [5, 5.41) is 0. The van der Waals surface area contributed by atoms with Crippen molar-refractivity contribution in [1.29, 1.82) is 0 Å². The van der Waals surface area contributed by atoms with Gasteiger partial charge in [-0.05, 0) is 23.3 Å². The fourth-order valence-electron chi connectivity index (χ4n) is 2.10. The van der Waals surface area contributed by atoms with Gasteiger partial charge >= 0.3 is 0 Å². The smallest absolute Gasteiger partial charge is 0.0614 e. The van der Waals surface area contributed by atoms with Crippen molar-refractivity contribution in [2.45, 2.75) is 55.9 Å². The Morgan fingerprint density at radius 2 is 1.88 bits per heavy atom.